The Balaban J connectivity index is 0.00000121. The van der Waals surface area contributed by atoms with Crippen LogP contribution in [0.15, 0.2) is 0 Å². The van der Waals surface area contributed by atoms with Gasteiger partial charge in [0.15, 0.2) is 0 Å². The van der Waals surface area contributed by atoms with Crippen LogP contribution in [0.1, 0.15) is 32.1 Å². The van der Waals surface area contributed by atoms with Crippen molar-refractivity contribution in [2.75, 3.05) is 0 Å². The summed E-state index contributed by atoms with van der Waals surface area (Å²) in [5.41, 5.74) is 0. The molecule has 0 spiro atoms. The molecule has 0 aromatic carbocycles. The van der Waals surface area contributed by atoms with Gasteiger partial charge >= 0.3 is 29.6 Å². The van der Waals surface area contributed by atoms with Gasteiger partial charge in [0.2, 0.25) is 0 Å². The third kappa shape index (κ3) is 3.44. The summed E-state index contributed by atoms with van der Waals surface area (Å²) in [6.45, 7) is 0. The second-order valence-electron chi connectivity index (χ2n) is 3.16. The second kappa shape index (κ2) is 5.97. The predicted octanol–water partition coefficient (Wildman–Crippen LogP) is -3.32. The van der Waals surface area contributed by atoms with Crippen molar-refractivity contribution < 1.29 is 44.6 Å². The van der Waals surface area contributed by atoms with Gasteiger partial charge in [-0.05, 0) is 18.8 Å². The molecule has 0 aromatic heterocycles. The van der Waals surface area contributed by atoms with E-state index in [0.29, 0.717) is 0 Å². The van der Waals surface area contributed by atoms with Crippen LogP contribution in [0.2, 0.25) is 0 Å². The summed E-state index contributed by atoms with van der Waals surface area (Å²) in [5, 5.41) is 19.3. The standard InChI is InChI=1S/C8H14O3.Na/c9-7(8(10)11)6-4-2-1-3-5-6;/h6-7,9H,1-5H2,(H,10,11);/q;+1/p-1/t7-;/m0./s1. The molecule has 0 saturated heterocycles. The van der Waals surface area contributed by atoms with E-state index in [0.717, 1.165) is 32.1 Å². The molecule has 64 valence electrons. The van der Waals surface area contributed by atoms with Gasteiger partial charge in [-0.15, -0.1) is 0 Å². The van der Waals surface area contributed by atoms with Crippen molar-refractivity contribution in [1.29, 1.82) is 0 Å². The zero-order chi connectivity index (χ0) is 8.27. The molecule has 0 aliphatic heterocycles. The van der Waals surface area contributed by atoms with Gasteiger partial charge in [0.25, 0.3) is 0 Å². The van der Waals surface area contributed by atoms with Crippen molar-refractivity contribution in [2.45, 2.75) is 38.2 Å². The summed E-state index contributed by atoms with van der Waals surface area (Å²) in [5.74, 6) is -1.38. The number of carboxylic acid groups (broad SMARTS) is 1. The van der Waals surface area contributed by atoms with Crippen molar-refractivity contribution in [3.63, 3.8) is 0 Å². The van der Waals surface area contributed by atoms with Crippen molar-refractivity contribution in [1.82, 2.24) is 0 Å². The number of aliphatic carboxylic acids is 1. The summed E-state index contributed by atoms with van der Waals surface area (Å²) < 4.78 is 0. The first-order valence-electron chi connectivity index (χ1n) is 4.10. The van der Waals surface area contributed by atoms with E-state index in [4.69, 9.17) is 5.11 Å². The predicted molar refractivity (Wildman–Crippen MR) is 37.6 cm³/mol. The second-order valence-corrected chi connectivity index (χ2v) is 3.16. The first-order valence-corrected chi connectivity index (χ1v) is 4.10. The quantitative estimate of drug-likeness (QED) is 0.452. The molecule has 12 heavy (non-hydrogen) atoms. The number of carboxylic acids is 1. The summed E-state index contributed by atoms with van der Waals surface area (Å²) >= 11 is 0. The molecule has 0 heterocycles. The zero-order valence-electron chi connectivity index (χ0n) is 7.45. The Labute approximate surface area is 94.5 Å². The minimum atomic E-state index is -1.32. The van der Waals surface area contributed by atoms with Crippen molar-refractivity contribution >= 4 is 5.97 Å². The minimum absolute atomic E-state index is 0. The summed E-state index contributed by atoms with van der Waals surface area (Å²) in [6.07, 6.45) is 3.65. The van der Waals surface area contributed by atoms with Crippen LogP contribution in [0.25, 0.3) is 0 Å². The number of carbonyl (C=O) groups excluding carboxylic acids is 1. The molecule has 3 nitrogen and oxygen atoms in total. The number of rotatable bonds is 2. The summed E-state index contributed by atoms with van der Waals surface area (Å²) in [6, 6.07) is 0. The van der Waals surface area contributed by atoms with E-state index >= 15 is 0 Å². The summed E-state index contributed by atoms with van der Waals surface area (Å²) in [7, 11) is 0. The van der Waals surface area contributed by atoms with Crippen LogP contribution in [-0.2, 0) is 4.79 Å². The molecule has 1 saturated carbocycles. The average Bonchev–Trinajstić information content (AvgIpc) is 2.05. The van der Waals surface area contributed by atoms with Crippen LogP contribution in [0, 0.1) is 5.92 Å². The van der Waals surface area contributed by atoms with E-state index in [2.05, 4.69) is 0 Å². The SMILES string of the molecule is O=C([O-])[C@@H](O)C1CCCCC1.[Na+]. The van der Waals surface area contributed by atoms with E-state index in [9.17, 15) is 9.90 Å². The van der Waals surface area contributed by atoms with Crippen molar-refractivity contribution in [2.24, 2.45) is 5.92 Å². The fourth-order valence-corrected chi connectivity index (χ4v) is 1.64. The maximum absolute atomic E-state index is 10.2. The third-order valence-corrected chi connectivity index (χ3v) is 2.34. The molecule has 0 unspecified atom stereocenters. The van der Waals surface area contributed by atoms with Crippen molar-refractivity contribution in [3.05, 3.63) is 0 Å². The molecule has 0 radical (unpaired) electrons. The zero-order valence-corrected chi connectivity index (χ0v) is 9.45. The monoisotopic (exact) mass is 180 g/mol. The Bertz CT molecular complexity index is 143. The van der Waals surface area contributed by atoms with Gasteiger partial charge in [-0.3, -0.25) is 0 Å². The largest absolute Gasteiger partial charge is 1.00 e. The van der Waals surface area contributed by atoms with Gasteiger partial charge in [0, 0.05) is 0 Å². The molecule has 1 fully saturated rings. The normalized spacial score (nSPS) is 21.1. The van der Waals surface area contributed by atoms with E-state index in [-0.39, 0.29) is 35.5 Å². The molecule has 1 N–H and O–H groups in total. The molecule has 0 bridgehead atoms. The number of aliphatic hydroxyl groups is 1. The first-order chi connectivity index (χ1) is 5.22. The van der Waals surface area contributed by atoms with Gasteiger partial charge in [0.1, 0.15) is 0 Å². The number of hydrogen-bond donors (Lipinski definition) is 1. The fourth-order valence-electron chi connectivity index (χ4n) is 1.64. The average molecular weight is 180 g/mol. The Morgan fingerprint density at radius 2 is 1.83 bits per heavy atom. The van der Waals surface area contributed by atoms with E-state index in [1.165, 1.54) is 0 Å². The maximum Gasteiger partial charge on any atom is 1.00 e. The van der Waals surface area contributed by atoms with Crippen LogP contribution in [0.3, 0.4) is 0 Å². The minimum Gasteiger partial charge on any atom is -0.547 e. The van der Waals surface area contributed by atoms with Crippen LogP contribution in [0.5, 0.6) is 0 Å². The Hall–Kier alpha value is 0.430. The smallest absolute Gasteiger partial charge is 0.547 e. The molecule has 1 atom stereocenters. The van der Waals surface area contributed by atoms with Gasteiger partial charge in [-0.1, -0.05) is 19.3 Å². The van der Waals surface area contributed by atoms with Crippen LogP contribution in [0.4, 0.5) is 0 Å². The van der Waals surface area contributed by atoms with Gasteiger partial charge in [-0.25, -0.2) is 0 Å². The first kappa shape index (κ1) is 12.4. The molecule has 1 rings (SSSR count). The van der Waals surface area contributed by atoms with Crippen LogP contribution < -0.4 is 34.7 Å². The molecule has 0 amide bonds. The molecule has 0 aromatic rings. The molecule has 1 aliphatic carbocycles. The third-order valence-electron chi connectivity index (χ3n) is 2.34. The fraction of sp³-hybridized carbons (Fsp3) is 0.875. The maximum atomic E-state index is 10.2. The molecular weight excluding hydrogens is 167 g/mol. The van der Waals surface area contributed by atoms with Gasteiger partial charge < -0.3 is 15.0 Å². The summed E-state index contributed by atoms with van der Waals surface area (Å²) in [4.78, 5) is 10.2. The van der Waals surface area contributed by atoms with Gasteiger partial charge in [-0.2, -0.15) is 0 Å². The Morgan fingerprint density at radius 3 is 2.25 bits per heavy atom. The number of aliphatic hydroxyl groups excluding tert-OH is 1. The van der Waals surface area contributed by atoms with E-state index in [1.54, 1.807) is 0 Å². The van der Waals surface area contributed by atoms with E-state index in [1.807, 2.05) is 0 Å². The number of carbonyl (C=O) groups is 1. The Kier molecular flexibility index (Phi) is 6.19. The molecule has 1 aliphatic rings. The topological polar surface area (TPSA) is 60.4 Å². The van der Waals surface area contributed by atoms with Crippen LogP contribution >= 0.6 is 0 Å². The van der Waals surface area contributed by atoms with Crippen molar-refractivity contribution in [3.8, 4) is 0 Å². The Morgan fingerprint density at radius 1 is 1.33 bits per heavy atom. The molecule has 4 heteroatoms. The molecular formula is C8H13NaO3. The number of hydrogen-bond acceptors (Lipinski definition) is 3. The van der Waals surface area contributed by atoms with E-state index < -0.39 is 12.1 Å². The van der Waals surface area contributed by atoms with Gasteiger partial charge in [0.05, 0.1) is 12.1 Å². The van der Waals surface area contributed by atoms with Crippen LogP contribution in [-0.4, -0.2) is 17.2 Å².